The molecule has 2 heterocycles. The summed E-state index contributed by atoms with van der Waals surface area (Å²) < 4.78 is 41.6. The number of esters is 1. The zero-order valence-corrected chi connectivity index (χ0v) is 20.0. The van der Waals surface area contributed by atoms with Crippen LogP contribution in [0.4, 0.5) is 8.78 Å². The van der Waals surface area contributed by atoms with E-state index in [4.69, 9.17) is 9.47 Å². The number of fused-ring (bicyclic) bond motifs is 1. The Kier molecular flexibility index (Phi) is 7.11. The van der Waals surface area contributed by atoms with Crippen molar-refractivity contribution in [1.82, 2.24) is 4.57 Å². The first-order valence-corrected chi connectivity index (χ1v) is 11.5. The molecule has 0 unspecified atom stereocenters. The zero-order valence-electron chi connectivity index (χ0n) is 19.2. The second-order valence-corrected chi connectivity index (χ2v) is 8.53. The third kappa shape index (κ3) is 5.02. The van der Waals surface area contributed by atoms with Crippen molar-refractivity contribution in [2.75, 3.05) is 13.7 Å². The summed E-state index contributed by atoms with van der Waals surface area (Å²) >= 11 is 1.17. The molecule has 7 nitrogen and oxygen atoms in total. The van der Waals surface area contributed by atoms with Gasteiger partial charge < -0.3 is 14.2 Å². The number of carbonyl (C=O) groups is 1. The Labute approximate surface area is 203 Å². The van der Waals surface area contributed by atoms with Gasteiger partial charge in [-0.1, -0.05) is 35.6 Å². The van der Waals surface area contributed by atoms with Gasteiger partial charge in [0.15, 0.2) is 4.80 Å². The largest absolute Gasteiger partial charge is 0.497 e. The average Bonchev–Trinajstić information content (AvgIpc) is 3.13. The van der Waals surface area contributed by atoms with E-state index in [1.54, 1.807) is 63.4 Å². The van der Waals surface area contributed by atoms with Crippen LogP contribution in [-0.2, 0) is 9.53 Å². The minimum Gasteiger partial charge on any atom is -0.497 e. The van der Waals surface area contributed by atoms with Crippen LogP contribution in [-0.4, -0.2) is 30.9 Å². The zero-order chi connectivity index (χ0) is 25.1. The van der Waals surface area contributed by atoms with Crippen molar-refractivity contribution in [3.63, 3.8) is 0 Å². The van der Waals surface area contributed by atoms with Crippen LogP contribution in [0.15, 0.2) is 69.6 Å². The molecule has 0 radical (unpaired) electrons. The van der Waals surface area contributed by atoms with Gasteiger partial charge in [0.1, 0.15) is 11.5 Å². The van der Waals surface area contributed by atoms with Crippen molar-refractivity contribution in [1.29, 1.82) is 0 Å². The molecule has 0 saturated carbocycles. The van der Waals surface area contributed by atoms with E-state index < -0.39 is 18.6 Å². The van der Waals surface area contributed by atoms with E-state index in [9.17, 15) is 18.4 Å². The van der Waals surface area contributed by atoms with Crippen LogP contribution < -0.4 is 24.4 Å². The number of thiazole rings is 1. The molecule has 0 fully saturated rings. The molecule has 0 bridgehead atoms. The lowest BCUT2D eigenvalue weighted by atomic mass is 9.96. The van der Waals surface area contributed by atoms with E-state index in [-0.39, 0.29) is 23.5 Å². The van der Waals surface area contributed by atoms with E-state index in [1.807, 2.05) is 0 Å². The van der Waals surface area contributed by atoms with E-state index in [1.165, 1.54) is 28.0 Å². The van der Waals surface area contributed by atoms with Gasteiger partial charge in [0.05, 0.1) is 35.6 Å². The number of halogens is 2. The number of methoxy groups -OCH3 is 1. The summed E-state index contributed by atoms with van der Waals surface area (Å²) in [4.78, 5) is 31.4. The summed E-state index contributed by atoms with van der Waals surface area (Å²) in [5, 5.41) is 0. The Morgan fingerprint density at radius 3 is 2.40 bits per heavy atom. The monoisotopic (exact) mass is 500 g/mol. The molecule has 35 heavy (non-hydrogen) atoms. The number of nitrogens with zero attached hydrogens (tertiary/aromatic N) is 2. The van der Waals surface area contributed by atoms with Crippen LogP contribution in [0.1, 0.15) is 31.0 Å². The highest BCUT2D eigenvalue weighted by Gasteiger charge is 2.33. The third-order valence-electron chi connectivity index (χ3n) is 5.35. The van der Waals surface area contributed by atoms with Crippen LogP contribution >= 0.6 is 11.3 Å². The normalized spacial score (nSPS) is 15.6. The maximum absolute atomic E-state index is 13.5. The number of aromatic nitrogens is 1. The molecule has 0 amide bonds. The fourth-order valence-corrected chi connectivity index (χ4v) is 4.84. The average molecular weight is 501 g/mol. The SMILES string of the molecule is CCOC(=O)C1=C(C)N=c2sc(=Cc3ccc(OC(F)F)cc3)c(=O)n2[C@@H]1c1ccc(OC)cc1. The molecule has 1 aromatic heterocycles. The molecule has 2 aromatic carbocycles. The van der Waals surface area contributed by atoms with Crippen LogP contribution in [0.3, 0.4) is 0 Å². The standard InChI is InChI=1S/C25H22F2N2O5S/c1-4-33-23(31)20-14(2)28-25-29(21(20)16-7-11-17(32-3)12-8-16)22(30)19(35-25)13-15-5-9-18(10-6-15)34-24(26)27/h5-13,21,24H,4H2,1-3H3/t21-/m1/s1. The summed E-state index contributed by atoms with van der Waals surface area (Å²) in [6, 6.07) is 12.3. The van der Waals surface area contributed by atoms with Crippen molar-refractivity contribution in [3.05, 3.63) is 90.6 Å². The lowest BCUT2D eigenvalue weighted by molar-refractivity contribution is -0.139. The Morgan fingerprint density at radius 1 is 1.14 bits per heavy atom. The van der Waals surface area contributed by atoms with Crippen molar-refractivity contribution in [2.45, 2.75) is 26.5 Å². The highest BCUT2D eigenvalue weighted by Crippen LogP contribution is 2.31. The van der Waals surface area contributed by atoms with Gasteiger partial charge in [0, 0.05) is 0 Å². The molecular formula is C25H22F2N2O5S. The number of rotatable bonds is 7. The fraction of sp³-hybridized carbons (Fsp3) is 0.240. The van der Waals surface area contributed by atoms with Gasteiger partial charge in [-0.2, -0.15) is 8.78 Å². The summed E-state index contributed by atoms with van der Waals surface area (Å²) in [7, 11) is 1.55. The predicted octanol–water partition coefficient (Wildman–Crippen LogP) is 3.41. The number of benzene rings is 2. The molecule has 182 valence electrons. The Morgan fingerprint density at radius 2 is 1.80 bits per heavy atom. The highest BCUT2D eigenvalue weighted by atomic mass is 32.1. The Balaban J connectivity index is 1.85. The molecule has 1 aliphatic rings. The van der Waals surface area contributed by atoms with Crippen LogP contribution in [0, 0.1) is 0 Å². The Hall–Kier alpha value is -3.79. The number of hydrogen-bond acceptors (Lipinski definition) is 7. The number of hydrogen-bond donors (Lipinski definition) is 0. The van der Waals surface area contributed by atoms with E-state index in [2.05, 4.69) is 9.73 Å². The lowest BCUT2D eigenvalue weighted by Gasteiger charge is -2.24. The second-order valence-electron chi connectivity index (χ2n) is 7.52. The topological polar surface area (TPSA) is 79.1 Å². The van der Waals surface area contributed by atoms with Gasteiger partial charge in [0.2, 0.25) is 0 Å². The van der Waals surface area contributed by atoms with E-state index >= 15 is 0 Å². The van der Waals surface area contributed by atoms with E-state index in [0.29, 0.717) is 31.9 Å². The molecule has 10 heteroatoms. The first-order chi connectivity index (χ1) is 16.8. The van der Waals surface area contributed by atoms with Gasteiger partial charge in [-0.15, -0.1) is 0 Å². The minimum atomic E-state index is -2.92. The van der Waals surface area contributed by atoms with Crippen molar-refractivity contribution >= 4 is 23.4 Å². The summed E-state index contributed by atoms with van der Waals surface area (Å²) in [6.07, 6.45) is 1.64. The molecule has 3 aromatic rings. The maximum Gasteiger partial charge on any atom is 0.387 e. The number of carbonyl (C=O) groups excluding carboxylic acids is 1. The smallest absolute Gasteiger partial charge is 0.387 e. The van der Waals surface area contributed by atoms with Gasteiger partial charge >= 0.3 is 12.6 Å². The number of ether oxygens (including phenoxy) is 3. The second kappa shape index (κ2) is 10.2. The molecule has 1 aliphatic heterocycles. The predicted molar refractivity (Wildman–Crippen MR) is 126 cm³/mol. The quantitative estimate of drug-likeness (QED) is 0.465. The number of alkyl halides is 2. The van der Waals surface area contributed by atoms with Crippen molar-refractivity contribution < 1.29 is 27.8 Å². The Bertz CT molecular complexity index is 1440. The summed E-state index contributed by atoms with van der Waals surface area (Å²) in [6.45, 7) is 0.685. The molecule has 0 saturated heterocycles. The van der Waals surface area contributed by atoms with E-state index in [0.717, 1.165) is 0 Å². The third-order valence-corrected chi connectivity index (χ3v) is 6.33. The first-order valence-electron chi connectivity index (χ1n) is 10.7. The van der Waals surface area contributed by atoms with Crippen LogP contribution in [0.25, 0.3) is 6.08 Å². The maximum atomic E-state index is 13.5. The molecule has 0 spiro atoms. The minimum absolute atomic E-state index is 0.0211. The van der Waals surface area contributed by atoms with Crippen LogP contribution in [0.2, 0.25) is 0 Å². The molecule has 4 rings (SSSR count). The fourth-order valence-electron chi connectivity index (χ4n) is 3.79. The summed E-state index contributed by atoms with van der Waals surface area (Å²) in [5.41, 5.74) is 1.73. The van der Waals surface area contributed by atoms with Gasteiger partial charge in [0.25, 0.3) is 5.56 Å². The van der Waals surface area contributed by atoms with Gasteiger partial charge in [-0.25, -0.2) is 9.79 Å². The summed E-state index contributed by atoms with van der Waals surface area (Å²) in [5.74, 6) is 0.116. The molecule has 1 atom stereocenters. The molecular weight excluding hydrogens is 478 g/mol. The van der Waals surface area contributed by atoms with Gasteiger partial charge in [-0.05, 0) is 55.3 Å². The molecule has 0 aliphatic carbocycles. The highest BCUT2D eigenvalue weighted by molar-refractivity contribution is 7.07. The van der Waals surface area contributed by atoms with Crippen molar-refractivity contribution in [3.8, 4) is 11.5 Å². The first kappa shape index (κ1) is 24.3. The molecule has 0 N–H and O–H groups in total. The van der Waals surface area contributed by atoms with Gasteiger partial charge in [-0.3, -0.25) is 9.36 Å². The number of allylic oxidation sites excluding steroid dienone is 1. The van der Waals surface area contributed by atoms with Crippen LogP contribution in [0.5, 0.6) is 11.5 Å². The lowest BCUT2D eigenvalue weighted by Crippen LogP contribution is -2.39. The van der Waals surface area contributed by atoms with Crippen molar-refractivity contribution in [2.24, 2.45) is 4.99 Å².